The maximum atomic E-state index is 13.0. The summed E-state index contributed by atoms with van der Waals surface area (Å²) >= 11 is 6.08. The van der Waals surface area contributed by atoms with Crippen molar-refractivity contribution in [3.63, 3.8) is 0 Å². The zero-order valence-electron chi connectivity index (χ0n) is 13.3. The van der Waals surface area contributed by atoms with Gasteiger partial charge >= 0.3 is 0 Å². The summed E-state index contributed by atoms with van der Waals surface area (Å²) < 4.78 is 0. The first kappa shape index (κ1) is 14.7. The van der Waals surface area contributed by atoms with E-state index in [1.807, 2.05) is 13.0 Å². The number of carbonyl (C=O) groups is 2. The van der Waals surface area contributed by atoms with Crippen LogP contribution in [-0.2, 0) is 9.59 Å². The van der Waals surface area contributed by atoms with E-state index in [9.17, 15) is 9.59 Å². The molecule has 1 saturated heterocycles. The average molecular weight is 328 g/mol. The number of amides is 2. The van der Waals surface area contributed by atoms with Crippen LogP contribution < -0.4 is 4.90 Å². The Bertz CT molecular complexity index is 770. The molecule has 4 heteroatoms. The Morgan fingerprint density at radius 3 is 2.13 bits per heavy atom. The Hall–Kier alpha value is -1.87. The summed E-state index contributed by atoms with van der Waals surface area (Å²) in [6.07, 6.45) is 4.21. The molecule has 0 unspecified atom stereocenters. The molecule has 0 spiro atoms. The number of rotatable bonds is 1. The van der Waals surface area contributed by atoms with Crippen LogP contribution in [0.25, 0.3) is 0 Å². The number of anilines is 1. The molecule has 2 amide bonds. The number of benzene rings is 1. The summed E-state index contributed by atoms with van der Waals surface area (Å²) in [6.45, 7) is 6.03. The smallest absolute Gasteiger partial charge is 0.238 e. The number of imide groups is 1. The molecule has 3 nitrogen and oxygen atoms in total. The molecular weight excluding hydrogens is 310 g/mol. The van der Waals surface area contributed by atoms with Crippen molar-refractivity contribution >= 4 is 29.1 Å². The van der Waals surface area contributed by atoms with Crippen LogP contribution >= 0.6 is 11.6 Å². The standard InChI is InChI=1S/C19H18ClNO2/c1-9(2)15-12-6-7-13(15)17-16(12)18(22)21(19(17)23)14-8-11(20)5-4-10(14)3/h4-8,12-13,16-17H,1-3H3/t12-,13-,16-,17+/m0/s1. The molecule has 3 aliphatic rings. The summed E-state index contributed by atoms with van der Waals surface area (Å²) in [5.41, 5.74) is 4.01. The normalized spacial score (nSPS) is 31.3. The van der Waals surface area contributed by atoms with Gasteiger partial charge in [0.05, 0.1) is 17.5 Å². The third-order valence-corrected chi connectivity index (χ3v) is 5.64. The maximum Gasteiger partial charge on any atom is 0.238 e. The number of hydrogen-bond donors (Lipinski definition) is 0. The molecule has 1 heterocycles. The molecule has 2 bridgehead atoms. The lowest BCUT2D eigenvalue weighted by atomic mass is 9.85. The molecule has 23 heavy (non-hydrogen) atoms. The van der Waals surface area contributed by atoms with Crippen molar-refractivity contribution in [1.29, 1.82) is 0 Å². The molecule has 2 aliphatic carbocycles. The number of nitrogens with zero attached hydrogens (tertiary/aromatic N) is 1. The molecular formula is C19H18ClNO2. The van der Waals surface area contributed by atoms with Gasteiger partial charge in [0.25, 0.3) is 0 Å². The van der Waals surface area contributed by atoms with Crippen LogP contribution in [0.15, 0.2) is 41.5 Å². The lowest BCUT2D eigenvalue weighted by Crippen LogP contribution is -2.33. The van der Waals surface area contributed by atoms with Crippen LogP contribution in [0.3, 0.4) is 0 Å². The van der Waals surface area contributed by atoms with E-state index < -0.39 is 0 Å². The van der Waals surface area contributed by atoms with E-state index in [0.29, 0.717) is 10.7 Å². The fraction of sp³-hybridized carbons (Fsp3) is 0.368. The molecule has 1 aromatic rings. The first-order chi connectivity index (χ1) is 10.9. The van der Waals surface area contributed by atoms with Crippen molar-refractivity contribution < 1.29 is 9.59 Å². The van der Waals surface area contributed by atoms with Crippen molar-refractivity contribution in [2.75, 3.05) is 4.90 Å². The lowest BCUT2D eigenvalue weighted by Gasteiger charge is -2.21. The van der Waals surface area contributed by atoms with Gasteiger partial charge in [-0.05, 0) is 38.5 Å². The van der Waals surface area contributed by atoms with Gasteiger partial charge in [0, 0.05) is 16.9 Å². The van der Waals surface area contributed by atoms with Gasteiger partial charge in [0.1, 0.15) is 0 Å². The van der Waals surface area contributed by atoms with Crippen molar-refractivity contribution in [3.8, 4) is 0 Å². The van der Waals surface area contributed by atoms with Crippen LogP contribution in [0.2, 0.25) is 5.02 Å². The highest BCUT2D eigenvalue weighted by atomic mass is 35.5. The minimum absolute atomic E-state index is 0.0796. The van der Waals surface area contributed by atoms with E-state index in [4.69, 9.17) is 11.6 Å². The molecule has 1 saturated carbocycles. The predicted molar refractivity (Wildman–Crippen MR) is 90.2 cm³/mol. The summed E-state index contributed by atoms with van der Waals surface area (Å²) in [6, 6.07) is 5.34. The van der Waals surface area contributed by atoms with Gasteiger partial charge in [-0.3, -0.25) is 9.59 Å². The average Bonchev–Trinajstić information content (AvgIpc) is 3.13. The van der Waals surface area contributed by atoms with E-state index >= 15 is 0 Å². The van der Waals surface area contributed by atoms with Gasteiger partial charge in [-0.1, -0.05) is 41.0 Å². The fourth-order valence-corrected chi connectivity index (χ4v) is 4.66. The van der Waals surface area contributed by atoms with Crippen molar-refractivity contribution in [2.45, 2.75) is 20.8 Å². The van der Waals surface area contributed by atoms with Crippen LogP contribution in [0.1, 0.15) is 19.4 Å². The second kappa shape index (κ2) is 4.81. The predicted octanol–water partition coefficient (Wildman–Crippen LogP) is 3.91. The van der Waals surface area contributed by atoms with Crippen LogP contribution in [-0.4, -0.2) is 11.8 Å². The van der Waals surface area contributed by atoms with Gasteiger partial charge < -0.3 is 0 Å². The van der Waals surface area contributed by atoms with E-state index in [1.165, 1.54) is 16.0 Å². The Morgan fingerprint density at radius 2 is 1.61 bits per heavy atom. The first-order valence-electron chi connectivity index (χ1n) is 7.91. The third-order valence-electron chi connectivity index (χ3n) is 5.41. The number of allylic oxidation sites excluding steroid dienone is 4. The van der Waals surface area contributed by atoms with E-state index in [0.717, 1.165) is 5.56 Å². The van der Waals surface area contributed by atoms with E-state index in [1.54, 1.807) is 12.1 Å². The monoisotopic (exact) mass is 327 g/mol. The minimum atomic E-state index is -0.249. The zero-order chi connectivity index (χ0) is 16.5. The highest BCUT2D eigenvalue weighted by Gasteiger charge is 2.62. The zero-order valence-corrected chi connectivity index (χ0v) is 14.1. The van der Waals surface area contributed by atoms with Gasteiger partial charge in [0.15, 0.2) is 0 Å². The van der Waals surface area contributed by atoms with Crippen LogP contribution in [0.5, 0.6) is 0 Å². The first-order valence-corrected chi connectivity index (χ1v) is 8.29. The largest absolute Gasteiger partial charge is 0.274 e. The summed E-state index contributed by atoms with van der Waals surface area (Å²) in [4.78, 5) is 27.4. The highest BCUT2D eigenvalue weighted by molar-refractivity contribution is 6.31. The van der Waals surface area contributed by atoms with Crippen LogP contribution in [0.4, 0.5) is 5.69 Å². The molecule has 4 rings (SSSR count). The van der Waals surface area contributed by atoms with Gasteiger partial charge in [-0.2, -0.15) is 0 Å². The molecule has 0 aromatic heterocycles. The van der Waals surface area contributed by atoms with E-state index in [2.05, 4.69) is 26.0 Å². The van der Waals surface area contributed by atoms with Crippen molar-refractivity contribution in [1.82, 2.24) is 0 Å². The molecule has 118 valence electrons. The topological polar surface area (TPSA) is 37.4 Å². The summed E-state index contributed by atoms with van der Waals surface area (Å²) in [7, 11) is 0. The quantitative estimate of drug-likeness (QED) is 0.579. The Kier molecular flexibility index (Phi) is 3.08. The van der Waals surface area contributed by atoms with Gasteiger partial charge in [-0.25, -0.2) is 4.90 Å². The van der Waals surface area contributed by atoms with Gasteiger partial charge in [-0.15, -0.1) is 0 Å². The van der Waals surface area contributed by atoms with E-state index in [-0.39, 0.29) is 35.5 Å². The SMILES string of the molecule is CC(C)=C1[C@@H]2C=C[C@@H]1[C@H]1C(=O)N(c3cc(Cl)ccc3C)C(=O)[C@H]12. The Balaban J connectivity index is 1.80. The van der Waals surface area contributed by atoms with Crippen molar-refractivity contribution in [2.24, 2.45) is 23.7 Å². The Morgan fingerprint density at radius 1 is 1.04 bits per heavy atom. The second-order valence-electron chi connectivity index (χ2n) is 6.89. The fourth-order valence-electron chi connectivity index (χ4n) is 4.49. The molecule has 0 radical (unpaired) electrons. The van der Waals surface area contributed by atoms with Gasteiger partial charge in [0.2, 0.25) is 11.8 Å². The van der Waals surface area contributed by atoms with Crippen molar-refractivity contribution in [3.05, 3.63) is 52.1 Å². The number of carbonyl (C=O) groups excluding carboxylic acids is 2. The molecule has 2 fully saturated rings. The molecule has 4 atom stereocenters. The Labute approximate surface area is 140 Å². The molecule has 1 aliphatic heterocycles. The van der Waals surface area contributed by atoms with Crippen LogP contribution in [0, 0.1) is 30.6 Å². The number of fused-ring (bicyclic) bond motifs is 5. The third kappa shape index (κ3) is 1.83. The second-order valence-corrected chi connectivity index (χ2v) is 7.32. The summed E-state index contributed by atoms with van der Waals surface area (Å²) in [5, 5.41) is 0.536. The minimum Gasteiger partial charge on any atom is -0.274 e. The summed E-state index contributed by atoms with van der Waals surface area (Å²) in [5.74, 6) is -0.504. The number of hydrogen-bond acceptors (Lipinski definition) is 2. The molecule has 0 N–H and O–H groups in total. The maximum absolute atomic E-state index is 13.0. The molecule has 1 aromatic carbocycles. The number of halogens is 1. The lowest BCUT2D eigenvalue weighted by molar-refractivity contribution is -0.122. The number of aryl methyl sites for hydroxylation is 1. The highest BCUT2D eigenvalue weighted by Crippen LogP contribution is 2.57.